The molecule has 0 radical (unpaired) electrons. The zero-order chi connectivity index (χ0) is 12.7. The van der Waals surface area contributed by atoms with Gasteiger partial charge in [0, 0.05) is 26.1 Å². The molecule has 1 aliphatic rings. The molecule has 17 heavy (non-hydrogen) atoms. The van der Waals surface area contributed by atoms with Gasteiger partial charge in [0.15, 0.2) is 0 Å². The van der Waals surface area contributed by atoms with Gasteiger partial charge in [0.25, 0.3) is 0 Å². The van der Waals surface area contributed by atoms with Crippen molar-refractivity contribution in [3.05, 3.63) is 0 Å². The molecule has 1 fully saturated rings. The largest absolute Gasteiger partial charge is 0.396 e. The molecule has 1 saturated heterocycles. The summed E-state index contributed by atoms with van der Waals surface area (Å²) in [5, 5.41) is 14.5. The fraction of sp³-hybridized carbons (Fsp3) is 0.833. The number of amides is 2. The van der Waals surface area contributed by atoms with Gasteiger partial charge in [0.05, 0.1) is 5.92 Å². The van der Waals surface area contributed by atoms with E-state index in [1.165, 1.54) is 0 Å². The van der Waals surface area contributed by atoms with E-state index >= 15 is 0 Å². The fourth-order valence-electron chi connectivity index (χ4n) is 1.98. The van der Waals surface area contributed by atoms with Crippen LogP contribution in [0, 0.1) is 11.8 Å². The fourth-order valence-corrected chi connectivity index (χ4v) is 1.98. The number of carbonyl (C=O) groups excluding carboxylic acids is 2. The third-order valence-corrected chi connectivity index (χ3v) is 3.32. The molecular formula is C12H22N2O3. The van der Waals surface area contributed by atoms with Gasteiger partial charge in [0.2, 0.25) is 11.8 Å². The minimum absolute atomic E-state index is 0.0152. The molecule has 0 aliphatic carbocycles. The zero-order valence-corrected chi connectivity index (χ0v) is 10.4. The van der Waals surface area contributed by atoms with Gasteiger partial charge in [-0.05, 0) is 18.8 Å². The Kier molecular flexibility index (Phi) is 5.97. The summed E-state index contributed by atoms with van der Waals surface area (Å²) in [5.74, 6) is 0.281. The third kappa shape index (κ3) is 4.73. The first-order chi connectivity index (χ1) is 8.17. The first kappa shape index (κ1) is 14.0. The van der Waals surface area contributed by atoms with Crippen molar-refractivity contribution in [2.24, 2.45) is 11.8 Å². The molecule has 2 atom stereocenters. The first-order valence-electron chi connectivity index (χ1n) is 6.32. The summed E-state index contributed by atoms with van der Waals surface area (Å²) in [6, 6.07) is 0. The summed E-state index contributed by atoms with van der Waals surface area (Å²) in [6.45, 7) is 3.27. The summed E-state index contributed by atoms with van der Waals surface area (Å²) < 4.78 is 0. The Bertz CT molecular complexity index is 258. The van der Waals surface area contributed by atoms with E-state index in [0.717, 1.165) is 12.8 Å². The van der Waals surface area contributed by atoms with Crippen LogP contribution in [0.25, 0.3) is 0 Å². The Morgan fingerprint density at radius 1 is 1.65 bits per heavy atom. The highest BCUT2D eigenvalue weighted by atomic mass is 16.3. The van der Waals surface area contributed by atoms with Crippen molar-refractivity contribution in [2.75, 3.05) is 19.7 Å². The number of nitrogens with one attached hydrogen (secondary N) is 2. The second-order valence-electron chi connectivity index (χ2n) is 4.57. The lowest BCUT2D eigenvalue weighted by Crippen LogP contribution is -2.44. The van der Waals surface area contributed by atoms with Crippen molar-refractivity contribution in [1.29, 1.82) is 0 Å². The highest BCUT2D eigenvalue weighted by Gasteiger charge is 2.24. The van der Waals surface area contributed by atoms with E-state index in [2.05, 4.69) is 10.6 Å². The Hall–Kier alpha value is -1.10. The Balaban J connectivity index is 2.26. The van der Waals surface area contributed by atoms with Crippen LogP contribution >= 0.6 is 0 Å². The Labute approximate surface area is 102 Å². The van der Waals surface area contributed by atoms with Crippen molar-refractivity contribution in [3.8, 4) is 0 Å². The van der Waals surface area contributed by atoms with Crippen LogP contribution in [-0.2, 0) is 9.59 Å². The number of piperidine rings is 1. The van der Waals surface area contributed by atoms with Gasteiger partial charge in [-0.25, -0.2) is 0 Å². The molecule has 1 aliphatic heterocycles. The molecule has 0 saturated carbocycles. The maximum absolute atomic E-state index is 11.8. The SMILES string of the molecule is CCC(CCO)CNC(=O)C1CCC(=O)NC1. The second-order valence-corrected chi connectivity index (χ2v) is 4.57. The van der Waals surface area contributed by atoms with E-state index in [0.29, 0.717) is 31.8 Å². The number of rotatable bonds is 6. The van der Waals surface area contributed by atoms with E-state index in [4.69, 9.17) is 5.11 Å². The minimum Gasteiger partial charge on any atom is -0.396 e. The van der Waals surface area contributed by atoms with Crippen LogP contribution in [0.2, 0.25) is 0 Å². The molecule has 3 N–H and O–H groups in total. The Morgan fingerprint density at radius 2 is 2.41 bits per heavy atom. The lowest BCUT2D eigenvalue weighted by Gasteiger charge is -2.23. The molecule has 0 bridgehead atoms. The van der Waals surface area contributed by atoms with Crippen LogP contribution in [-0.4, -0.2) is 36.6 Å². The summed E-state index contributed by atoms with van der Waals surface area (Å²) in [4.78, 5) is 22.8. The summed E-state index contributed by atoms with van der Waals surface area (Å²) in [6.07, 6.45) is 2.74. The van der Waals surface area contributed by atoms with Crippen molar-refractivity contribution < 1.29 is 14.7 Å². The van der Waals surface area contributed by atoms with Gasteiger partial charge in [0.1, 0.15) is 0 Å². The maximum Gasteiger partial charge on any atom is 0.224 e. The quantitative estimate of drug-likeness (QED) is 0.615. The molecule has 0 aromatic heterocycles. The van der Waals surface area contributed by atoms with Gasteiger partial charge in [-0.15, -0.1) is 0 Å². The predicted octanol–water partition coefficient (Wildman–Crippen LogP) is 0.0374. The van der Waals surface area contributed by atoms with E-state index < -0.39 is 0 Å². The normalized spacial score (nSPS) is 21.8. The second kappa shape index (κ2) is 7.27. The lowest BCUT2D eigenvalue weighted by molar-refractivity contribution is -0.129. The molecule has 2 unspecified atom stereocenters. The van der Waals surface area contributed by atoms with Crippen molar-refractivity contribution in [3.63, 3.8) is 0 Å². The molecule has 1 rings (SSSR count). The smallest absolute Gasteiger partial charge is 0.224 e. The van der Waals surface area contributed by atoms with Gasteiger partial charge < -0.3 is 15.7 Å². The molecule has 5 heteroatoms. The molecule has 0 aromatic carbocycles. The summed E-state index contributed by atoms with van der Waals surface area (Å²) in [7, 11) is 0. The number of hydrogen-bond donors (Lipinski definition) is 3. The lowest BCUT2D eigenvalue weighted by atomic mass is 9.97. The van der Waals surface area contributed by atoms with Gasteiger partial charge >= 0.3 is 0 Å². The van der Waals surface area contributed by atoms with Crippen LogP contribution in [0.4, 0.5) is 0 Å². The standard InChI is InChI=1S/C12H22N2O3/c1-2-9(5-6-15)7-14-12(17)10-3-4-11(16)13-8-10/h9-10,15H,2-8H2,1H3,(H,13,16)(H,14,17). The van der Waals surface area contributed by atoms with Gasteiger partial charge in [-0.2, -0.15) is 0 Å². The Morgan fingerprint density at radius 3 is 2.94 bits per heavy atom. The van der Waals surface area contributed by atoms with Gasteiger partial charge in [-0.1, -0.05) is 13.3 Å². The first-order valence-corrected chi connectivity index (χ1v) is 6.32. The van der Waals surface area contributed by atoms with Crippen molar-refractivity contribution >= 4 is 11.8 Å². The van der Waals surface area contributed by atoms with E-state index in [-0.39, 0.29) is 24.3 Å². The van der Waals surface area contributed by atoms with Crippen LogP contribution < -0.4 is 10.6 Å². The molecule has 0 aromatic rings. The highest BCUT2D eigenvalue weighted by molar-refractivity contribution is 5.83. The van der Waals surface area contributed by atoms with E-state index in [9.17, 15) is 9.59 Å². The average Bonchev–Trinajstić information content (AvgIpc) is 2.35. The third-order valence-electron chi connectivity index (χ3n) is 3.32. The van der Waals surface area contributed by atoms with Crippen LogP contribution in [0.1, 0.15) is 32.6 Å². The van der Waals surface area contributed by atoms with Gasteiger partial charge in [-0.3, -0.25) is 9.59 Å². The molecule has 0 spiro atoms. The highest BCUT2D eigenvalue weighted by Crippen LogP contribution is 2.11. The van der Waals surface area contributed by atoms with E-state index in [1.54, 1.807) is 0 Å². The average molecular weight is 242 g/mol. The van der Waals surface area contributed by atoms with E-state index in [1.807, 2.05) is 6.92 Å². The molecule has 98 valence electrons. The summed E-state index contributed by atoms with van der Waals surface area (Å²) in [5.41, 5.74) is 0. The summed E-state index contributed by atoms with van der Waals surface area (Å²) >= 11 is 0. The predicted molar refractivity (Wildman–Crippen MR) is 64.2 cm³/mol. The van der Waals surface area contributed by atoms with Crippen molar-refractivity contribution in [1.82, 2.24) is 10.6 Å². The van der Waals surface area contributed by atoms with Crippen molar-refractivity contribution in [2.45, 2.75) is 32.6 Å². The molecule has 2 amide bonds. The van der Waals surface area contributed by atoms with Crippen LogP contribution in [0.3, 0.4) is 0 Å². The molecule has 5 nitrogen and oxygen atoms in total. The number of aliphatic hydroxyl groups is 1. The maximum atomic E-state index is 11.8. The van der Waals surface area contributed by atoms with Crippen LogP contribution in [0.5, 0.6) is 0 Å². The number of aliphatic hydroxyl groups excluding tert-OH is 1. The number of hydrogen-bond acceptors (Lipinski definition) is 3. The number of carbonyl (C=O) groups is 2. The molecular weight excluding hydrogens is 220 g/mol. The molecule has 1 heterocycles. The zero-order valence-electron chi connectivity index (χ0n) is 10.4. The minimum atomic E-state index is -0.0978. The monoisotopic (exact) mass is 242 g/mol. The van der Waals surface area contributed by atoms with Crippen LogP contribution in [0.15, 0.2) is 0 Å². The topological polar surface area (TPSA) is 78.4 Å².